The lowest BCUT2D eigenvalue weighted by Gasteiger charge is -2.56. The minimum atomic E-state index is -0.666. The van der Waals surface area contributed by atoms with Gasteiger partial charge in [0.2, 0.25) is 5.95 Å². The zero-order valence-electron chi connectivity index (χ0n) is 12.8. The zero-order chi connectivity index (χ0) is 16.7. The average molecular weight is 326 g/mol. The van der Waals surface area contributed by atoms with Crippen LogP contribution in [0.2, 0.25) is 0 Å². The second-order valence-electron chi connectivity index (χ2n) is 6.24. The number of halogens is 1. The van der Waals surface area contributed by atoms with Crippen molar-refractivity contribution in [3.63, 3.8) is 0 Å². The minimum absolute atomic E-state index is 0.181. The fourth-order valence-corrected chi connectivity index (χ4v) is 3.06. The quantitative estimate of drug-likeness (QED) is 0.884. The number of nitrogens with zero attached hydrogens (tertiary/aromatic N) is 4. The van der Waals surface area contributed by atoms with Crippen molar-refractivity contribution in [3.8, 4) is 6.07 Å². The van der Waals surface area contributed by atoms with Gasteiger partial charge in [-0.05, 0) is 18.2 Å². The molecule has 4 rings (SSSR count). The molecule has 7 nitrogen and oxygen atoms in total. The molecular formula is C16H15FN6O. The fraction of sp³-hybridized carbons (Fsp3) is 0.312. The highest BCUT2D eigenvalue weighted by molar-refractivity contribution is 5.68. The summed E-state index contributed by atoms with van der Waals surface area (Å²) in [5.41, 5.74) is 7.81. The van der Waals surface area contributed by atoms with Gasteiger partial charge in [0, 0.05) is 18.8 Å². The van der Waals surface area contributed by atoms with E-state index in [1.807, 2.05) is 12.1 Å². The summed E-state index contributed by atoms with van der Waals surface area (Å²) < 4.78 is 18.4. The zero-order valence-corrected chi connectivity index (χ0v) is 12.8. The van der Waals surface area contributed by atoms with Gasteiger partial charge in [-0.25, -0.2) is 9.37 Å². The number of hydrogen-bond donors (Lipinski definition) is 2. The van der Waals surface area contributed by atoms with Crippen molar-refractivity contribution >= 4 is 23.1 Å². The Bertz CT molecular complexity index is 837. The molecule has 8 heteroatoms. The van der Waals surface area contributed by atoms with Crippen molar-refractivity contribution in [3.05, 3.63) is 35.8 Å². The molecule has 0 unspecified atom stereocenters. The Morgan fingerprint density at radius 2 is 2.17 bits per heavy atom. The SMILES string of the molecule is N#Cc1cc(Nc2ncc(F)c(N)n2)ccc1N1CC2(COC2)C1. The van der Waals surface area contributed by atoms with Gasteiger partial charge in [0.25, 0.3) is 0 Å². The predicted octanol–water partition coefficient (Wildman–Crippen LogP) is 1.65. The van der Waals surface area contributed by atoms with Crippen molar-refractivity contribution < 1.29 is 9.13 Å². The summed E-state index contributed by atoms with van der Waals surface area (Å²) in [5.74, 6) is -0.710. The Hall–Kier alpha value is -2.92. The lowest BCUT2D eigenvalue weighted by Crippen LogP contribution is -2.66. The van der Waals surface area contributed by atoms with Gasteiger partial charge >= 0.3 is 0 Å². The number of rotatable bonds is 3. The third kappa shape index (κ3) is 2.39. The van der Waals surface area contributed by atoms with Crippen molar-refractivity contribution in [1.82, 2.24) is 9.97 Å². The number of nitriles is 1. The summed E-state index contributed by atoms with van der Waals surface area (Å²) in [6.45, 7) is 3.42. The largest absolute Gasteiger partial charge is 0.381 e. The topological polar surface area (TPSA) is 100 Å². The van der Waals surface area contributed by atoms with Gasteiger partial charge in [-0.15, -0.1) is 0 Å². The molecule has 2 aliphatic heterocycles. The van der Waals surface area contributed by atoms with Gasteiger partial charge in [-0.3, -0.25) is 0 Å². The van der Waals surface area contributed by atoms with Crippen LogP contribution >= 0.6 is 0 Å². The number of aromatic nitrogens is 2. The summed E-state index contributed by atoms with van der Waals surface area (Å²) in [4.78, 5) is 9.83. The molecular weight excluding hydrogens is 311 g/mol. The van der Waals surface area contributed by atoms with Gasteiger partial charge in [-0.2, -0.15) is 10.2 Å². The average Bonchev–Trinajstić information content (AvgIpc) is 2.49. The molecule has 2 fully saturated rings. The lowest BCUT2D eigenvalue weighted by molar-refractivity contribution is -0.127. The summed E-state index contributed by atoms with van der Waals surface area (Å²) in [7, 11) is 0. The molecule has 0 radical (unpaired) electrons. The molecule has 0 atom stereocenters. The molecule has 1 aromatic heterocycles. The van der Waals surface area contributed by atoms with E-state index in [0.717, 1.165) is 38.2 Å². The van der Waals surface area contributed by atoms with Crippen LogP contribution in [0.25, 0.3) is 0 Å². The van der Waals surface area contributed by atoms with E-state index in [0.29, 0.717) is 11.3 Å². The third-order valence-corrected chi connectivity index (χ3v) is 4.35. The maximum Gasteiger partial charge on any atom is 0.229 e. The molecule has 0 saturated carbocycles. The Labute approximate surface area is 137 Å². The molecule has 3 heterocycles. The molecule has 0 amide bonds. The maximum absolute atomic E-state index is 13.1. The smallest absolute Gasteiger partial charge is 0.229 e. The van der Waals surface area contributed by atoms with E-state index in [2.05, 4.69) is 26.3 Å². The van der Waals surface area contributed by atoms with E-state index in [1.54, 1.807) is 6.07 Å². The standard InChI is InChI=1S/C16H15FN6O/c17-12-5-20-15(22-14(12)19)21-11-1-2-13(10(3-11)4-18)23-6-16(7-23)8-24-9-16/h1-3,5H,6-9H2,(H3,19,20,21,22). The fourth-order valence-electron chi connectivity index (χ4n) is 3.06. The Morgan fingerprint density at radius 3 is 2.79 bits per heavy atom. The number of anilines is 4. The first kappa shape index (κ1) is 14.7. The van der Waals surface area contributed by atoms with Crippen LogP contribution in [-0.4, -0.2) is 36.3 Å². The number of nitrogen functional groups attached to an aromatic ring is 1. The Morgan fingerprint density at radius 1 is 1.38 bits per heavy atom. The van der Waals surface area contributed by atoms with Gasteiger partial charge in [0.15, 0.2) is 11.6 Å². The highest BCUT2D eigenvalue weighted by Gasteiger charge is 2.49. The van der Waals surface area contributed by atoms with Gasteiger partial charge in [0.05, 0.1) is 36.1 Å². The normalized spacial score (nSPS) is 17.8. The second-order valence-corrected chi connectivity index (χ2v) is 6.24. The number of hydrogen-bond acceptors (Lipinski definition) is 7. The van der Waals surface area contributed by atoms with Crippen molar-refractivity contribution in [1.29, 1.82) is 5.26 Å². The van der Waals surface area contributed by atoms with Crippen LogP contribution in [0.5, 0.6) is 0 Å². The van der Waals surface area contributed by atoms with Crippen LogP contribution in [-0.2, 0) is 4.74 Å². The van der Waals surface area contributed by atoms with E-state index >= 15 is 0 Å². The highest BCUT2D eigenvalue weighted by atomic mass is 19.1. The van der Waals surface area contributed by atoms with Crippen LogP contribution in [0.15, 0.2) is 24.4 Å². The van der Waals surface area contributed by atoms with Crippen LogP contribution in [0.1, 0.15) is 5.56 Å². The van der Waals surface area contributed by atoms with Crippen molar-refractivity contribution in [2.45, 2.75) is 0 Å². The maximum atomic E-state index is 13.1. The van der Waals surface area contributed by atoms with E-state index in [1.165, 1.54) is 0 Å². The molecule has 0 bridgehead atoms. The van der Waals surface area contributed by atoms with E-state index in [-0.39, 0.29) is 17.2 Å². The van der Waals surface area contributed by atoms with Crippen molar-refractivity contribution in [2.24, 2.45) is 5.41 Å². The first-order valence-corrected chi connectivity index (χ1v) is 7.50. The molecule has 122 valence electrons. The molecule has 2 saturated heterocycles. The Kier molecular flexibility index (Phi) is 3.25. The summed E-state index contributed by atoms with van der Waals surface area (Å²) in [6.07, 6.45) is 1.00. The van der Waals surface area contributed by atoms with E-state index in [9.17, 15) is 9.65 Å². The number of nitrogens with one attached hydrogen (secondary N) is 1. The van der Waals surface area contributed by atoms with Crippen LogP contribution in [0.3, 0.4) is 0 Å². The monoisotopic (exact) mass is 326 g/mol. The Balaban J connectivity index is 1.53. The molecule has 0 aliphatic carbocycles. The highest BCUT2D eigenvalue weighted by Crippen LogP contribution is 2.41. The van der Waals surface area contributed by atoms with Gasteiger partial charge in [-0.1, -0.05) is 0 Å². The molecule has 1 aromatic carbocycles. The summed E-state index contributed by atoms with van der Waals surface area (Å²) in [6, 6.07) is 7.66. The third-order valence-electron chi connectivity index (χ3n) is 4.35. The molecule has 3 N–H and O–H groups in total. The number of ether oxygens (including phenoxy) is 1. The molecule has 2 aliphatic rings. The van der Waals surface area contributed by atoms with E-state index < -0.39 is 5.82 Å². The van der Waals surface area contributed by atoms with E-state index in [4.69, 9.17) is 10.5 Å². The van der Waals surface area contributed by atoms with Crippen molar-refractivity contribution in [2.75, 3.05) is 42.3 Å². The van der Waals surface area contributed by atoms with Crippen LogP contribution in [0.4, 0.5) is 27.5 Å². The molecule has 2 aromatic rings. The summed E-state index contributed by atoms with van der Waals surface area (Å²) >= 11 is 0. The van der Waals surface area contributed by atoms with Crippen LogP contribution < -0.4 is 16.0 Å². The molecule has 24 heavy (non-hydrogen) atoms. The first-order chi connectivity index (χ1) is 11.6. The second kappa shape index (κ2) is 5.32. The summed E-state index contributed by atoms with van der Waals surface area (Å²) in [5, 5.41) is 12.4. The minimum Gasteiger partial charge on any atom is -0.381 e. The van der Waals surface area contributed by atoms with Gasteiger partial charge in [0.1, 0.15) is 6.07 Å². The van der Waals surface area contributed by atoms with Crippen LogP contribution in [0, 0.1) is 22.6 Å². The number of nitrogens with two attached hydrogens (primary N) is 1. The predicted molar refractivity (Wildman–Crippen MR) is 86.3 cm³/mol. The first-order valence-electron chi connectivity index (χ1n) is 7.50. The lowest BCUT2D eigenvalue weighted by atomic mass is 9.77. The number of benzene rings is 1. The molecule has 1 spiro atoms. The van der Waals surface area contributed by atoms with Gasteiger partial charge < -0.3 is 20.7 Å².